The van der Waals surface area contributed by atoms with Crippen LogP contribution in [0.1, 0.15) is 48.8 Å². The standard InChI is InChI=1S/C17H21FN2O/c1-4-14(5-2)20-11(3)15(17(19)21)10-16(20)12-6-8-13(18)9-7-12/h6-10,14H,4-5H2,1-3H3,(H2,19,21). The highest BCUT2D eigenvalue weighted by molar-refractivity contribution is 5.95. The van der Waals surface area contributed by atoms with Gasteiger partial charge in [-0.3, -0.25) is 4.79 Å². The summed E-state index contributed by atoms with van der Waals surface area (Å²) in [4.78, 5) is 11.6. The van der Waals surface area contributed by atoms with Crippen molar-refractivity contribution in [3.05, 3.63) is 47.4 Å². The van der Waals surface area contributed by atoms with Crippen LogP contribution in [0.2, 0.25) is 0 Å². The lowest BCUT2D eigenvalue weighted by molar-refractivity contribution is 0.0999. The number of nitrogens with zero attached hydrogens (tertiary/aromatic N) is 1. The Bertz CT molecular complexity index is 640. The second kappa shape index (κ2) is 6.12. The molecule has 3 nitrogen and oxygen atoms in total. The Balaban J connectivity index is 2.65. The molecule has 112 valence electrons. The lowest BCUT2D eigenvalue weighted by Crippen LogP contribution is -2.14. The summed E-state index contributed by atoms with van der Waals surface area (Å²) in [5.41, 5.74) is 8.67. The van der Waals surface area contributed by atoms with Crippen LogP contribution in [0.5, 0.6) is 0 Å². The van der Waals surface area contributed by atoms with Crippen LogP contribution in [0.15, 0.2) is 30.3 Å². The van der Waals surface area contributed by atoms with E-state index in [9.17, 15) is 9.18 Å². The fourth-order valence-corrected chi connectivity index (χ4v) is 2.84. The Morgan fingerprint density at radius 2 is 1.81 bits per heavy atom. The zero-order valence-electron chi connectivity index (χ0n) is 12.7. The van der Waals surface area contributed by atoms with Gasteiger partial charge in [-0.05, 0) is 55.7 Å². The number of benzene rings is 1. The number of primary amides is 1. The summed E-state index contributed by atoms with van der Waals surface area (Å²) in [7, 11) is 0. The molecule has 0 aliphatic rings. The van der Waals surface area contributed by atoms with Gasteiger partial charge in [-0.25, -0.2) is 4.39 Å². The smallest absolute Gasteiger partial charge is 0.250 e. The topological polar surface area (TPSA) is 48.0 Å². The number of amides is 1. The minimum absolute atomic E-state index is 0.272. The highest BCUT2D eigenvalue weighted by Gasteiger charge is 2.20. The van der Waals surface area contributed by atoms with Crippen LogP contribution in [-0.2, 0) is 0 Å². The molecule has 0 saturated heterocycles. The fraction of sp³-hybridized carbons (Fsp3) is 0.353. The van der Waals surface area contributed by atoms with E-state index < -0.39 is 5.91 Å². The Morgan fingerprint density at radius 1 is 1.24 bits per heavy atom. The molecule has 0 saturated carbocycles. The zero-order chi connectivity index (χ0) is 15.6. The Kier molecular flexibility index (Phi) is 4.46. The summed E-state index contributed by atoms with van der Waals surface area (Å²) >= 11 is 0. The van der Waals surface area contributed by atoms with Crippen molar-refractivity contribution in [2.24, 2.45) is 5.73 Å². The third-order valence-electron chi connectivity index (χ3n) is 4.00. The molecular weight excluding hydrogens is 267 g/mol. The van der Waals surface area contributed by atoms with Crippen molar-refractivity contribution >= 4 is 5.91 Å². The van der Waals surface area contributed by atoms with Crippen molar-refractivity contribution in [3.63, 3.8) is 0 Å². The monoisotopic (exact) mass is 288 g/mol. The predicted molar refractivity (Wildman–Crippen MR) is 82.7 cm³/mol. The first-order valence-corrected chi connectivity index (χ1v) is 7.27. The molecule has 0 spiro atoms. The molecule has 1 aromatic carbocycles. The van der Waals surface area contributed by atoms with Crippen LogP contribution in [0.25, 0.3) is 11.3 Å². The maximum absolute atomic E-state index is 13.1. The molecule has 4 heteroatoms. The molecule has 0 fully saturated rings. The number of rotatable bonds is 5. The van der Waals surface area contributed by atoms with Crippen molar-refractivity contribution in [2.45, 2.75) is 39.7 Å². The van der Waals surface area contributed by atoms with E-state index in [4.69, 9.17) is 5.73 Å². The number of halogens is 1. The maximum atomic E-state index is 13.1. The first-order chi connectivity index (χ1) is 9.99. The summed E-state index contributed by atoms with van der Waals surface area (Å²) in [6, 6.07) is 8.42. The molecular formula is C17H21FN2O. The maximum Gasteiger partial charge on any atom is 0.250 e. The van der Waals surface area contributed by atoms with Crippen molar-refractivity contribution < 1.29 is 9.18 Å². The third kappa shape index (κ3) is 2.84. The highest BCUT2D eigenvalue weighted by Crippen LogP contribution is 2.32. The zero-order valence-corrected chi connectivity index (χ0v) is 12.7. The lowest BCUT2D eigenvalue weighted by atomic mass is 10.1. The van der Waals surface area contributed by atoms with E-state index >= 15 is 0 Å². The van der Waals surface area contributed by atoms with Gasteiger partial charge in [0.05, 0.1) is 5.56 Å². The van der Waals surface area contributed by atoms with E-state index in [-0.39, 0.29) is 11.9 Å². The Morgan fingerprint density at radius 3 is 2.29 bits per heavy atom. The van der Waals surface area contributed by atoms with Gasteiger partial charge in [-0.2, -0.15) is 0 Å². The molecule has 1 aromatic heterocycles. The van der Waals surface area contributed by atoms with Crippen LogP contribution < -0.4 is 5.73 Å². The van der Waals surface area contributed by atoms with Crippen LogP contribution in [0.3, 0.4) is 0 Å². The number of carbonyl (C=O) groups excluding carboxylic acids is 1. The number of aromatic nitrogens is 1. The summed E-state index contributed by atoms with van der Waals surface area (Å²) < 4.78 is 15.3. The van der Waals surface area contributed by atoms with Crippen molar-refractivity contribution in [2.75, 3.05) is 0 Å². The van der Waals surface area contributed by atoms with E-state index in [1.807, 2.05) is 13.0 Å². The highest BCUT2D eigenvalue weighted by atomic mass is 19.1. The van der Waals surface area contributed by atoms with E-state index in [0.29, 0.717) is 5.56 Å². The number of carbonyl (C=O) groups is 1. The lowest BCUT2D eigenvalue weighted by Gasteiger charge is -2.21. The number of hydrogen-bond acceptors (Lipinski definition) is 1. The molecule has 2 rings (SSSR count). The molecule has 0 aliphatic heterocycles. The van der Waals surface area contributed by atoms with Gasteiger partial charge in [0.1, 0.15) is 5.82 Å². The summed E-state index contributed by atoms with van der Waals surface area (Å²) in [5.74, 6) is -0.702. The molecule has 0 bridgehead atoms. The molecule has 1 amide bonds. The minimum Gasteiger partial charge on any atom is -0.366 e. The van der Waals surface area contributed by atoms with Gasteiger partial charge in [0.25, 0.3) is 5.91 Å². The number of hydrogen-bond donors (Lipinski definition) is 1. The van der Waals surface area contributed by atoms with Gasteiger partial charge in [0, 0.05) is 17.4 Å². The van der Waals surface area contributed by atoms with Crippen molar-refractivity contribution in [1.82, 2.24) is 4.57 Å². The molecule has 2 N–H and O–H groups in total. The average Bonchev–Trinajstić information content (AvgIpc) is 2.80. The molecule has 1 heterocycles. The summed E-state index contributed by atoms with van der Waals surface area (Å²) in [6.07, 6.45) is 1.91. The van der Waals surface area contributed by atoms with E-state index in [2.05, 4.69) is 18.4 Å². The second-order valence-corrected chi connectivity index (χ2v) is 5.24. The Hall–Kier alpha value is -2.10. The molecule has 0 radical (unpaired) electrons. The van der Waals surface area contributed by atoms with Crippen LogP contribution in [-0.4, -0.2) is 10.5 Å². The van der Waals surface area contributed by atoms with Crippen molar-refractivity contribution in [1.29, 1.82) is 0 Å². The molecule has 21 heavy (non-hydrogen) atoms. The Labute approximate surface area is 124 Å². The quantitative estimate of drug-likeness (QED) is 0.886. The summed E-state index contributed by atoms with van der Waals surface area (Å²) in [6.45, 7) is 6.14. The van der Waals surface area contributed by atoms with E-state index in [0.717, 1.165) is 29.8 Å². The van der Waals surface area contributed by atoms with Gasteiger partial charge in [0.2, 0.25) is 0 Å². The van der Waals surface area contributed by atoms with Crippen molar-refractivity contribution in [3.8, 4) is 11.3 Å². The van der Waals surface area contributed by atoms with Gasteiger partial charge < -0.3 is 10.3 Å². The average molecular weight is 288 g/mol. The summed E-state index contributed by atoms with van der Waals surface area (Å²) in [5, 5.41) is 0. The van der Waals surface area contributed by atoms with Crippen LogP contribution >= 0.6 is 0 Å². The SMILES string of the molecule is CCC(CC)n1c(-c2ccc(F)cc2)cc(C(N)=O)c1C. The third-order valence-corrected chi connectivity index (χ3v) is 4.00. The minimum atomic E-state index is -0.430. The predicted octanol–water partition coefficient (Wildman–Crippen LogP) is 4.06. The van der Waals surface area contributed by atoms with Gasteiger partial charge in [0.15, 0.2) is 0 Å². The second-order valence-electron chi connectivity index (χ2n) is 5.24. The number of nitrogens with two attached hydrogens (primary N) is 1. The van der Waals surface area contributed by atoms with Gasteiger partial charge in [-0.1, -0.05) is 13.8 Å². The largest absolute Gasteiger partial charge is 0.366 e. The van der Waals surface area contributed by atoms with Gasteiger partial charge in [-0.15, -0.1) is 0 Å². The molecule has 0 unspecified atom stereocenters. The molecule has 0 atom stereocenters. The normalized spacial score (nSPS) is 11.1. The van der Waals surface area contributed by atoms with Crippen LogP contribution in [0, 0.1) is 12.7 Å². The fourth-order valence-electron chi connectivity index (χ4n) is 2.84. The van der Waals surface area contributed by atoms with E-state index in [1.165, 1.54) is 12.1 Å². The van der Waals surface area contributed by atoms with Crippen LogP contribution in [0.4, 0.5) is 4.39 Å². The molecule has 0 aliphatic carbocycles. The first kappa shape index (κ1) is 15.3. The molecule has 2 aromatic rings. The first-order valence-electron chi connectivity index (χ1n) is 7.27. The van der Waals surface area contributed by atoms with E-state index in [1.54, 1.807) is 12.1 Å². The van der Waals surface area contributed by atoms with Gasteiger partial charge >= 0.3 is 0 Å².